The highest BCUT2D eigenvalue weighted by atomic mass is 32.1. The molecule has 6 amide bonds. The highest BCUT2D eigenvalue weighted by Crippen LogP contribution is 2.26. The number of ether oxygens (including phenoxy) is 1. The van der Waals surface area contributed by atoms with Gasteiger partial charge in [0.05, 0.1) is 12.8 Å². The normalized spacial score (nSPS) is 10.4. The van der Waals surface area contributed by atoms with E-state index in [2.05, 4.69) is 20.9 Å². The SMILES string of the molecule is CCCCNC(=O)N(C(=O)NCCCC)C(=O)c1ccc(C(=O)Nc2nc(-c3ccc(OC)cc3)cs2)cc1. The van der Waals surface area contributed by atoms with E-state index in [-0.39, 0.29) is 5.56 Å². The van der Waals surface area contributed by atoms with Crippen LogP contribution in [0.5, 0.6) is 5.75 Å². The Labute approximate surface area is 231 Å². The number of methoxy groups -OCH3 is 1. The number of carbonyl (C=O) groups excluding carboxylic acids is 4. The van der Waals surface area contributed by atoms with E-state index in [1.165, 1.54) is 35.6 Å². The minimum absolute atomic E-state index is 0.0962. The highest BCUT2D eigenvalue weighted by molar-refractivity contribution is 7.14. The molecule has 206 valence electrons. The summed E-state index contributed by atoms with van der Waals surface area (Å²) < 4.78 is 5.17. The number of carbonyl (C=O) groups is 4. The molecule has 0 aliphatic carbocycles. The Morgan fingerprint density at radius 2 is 1.41 bits per heavy atom. The summed E-state index contributed by atoms with van der Waals surface area (Å²) in [7, 11) is 1.60. The van der Waals surface area contributed by atoms with Gasteiger partial charge in [-0.25, -0.2) is 14.6 Å². The maximum Gasteiger partial charge on any atom is 0.332 e. The Hall–Kier alpha value is -4.25. The van der Waals surface area contributed by atoms with Gasteiger partial charge in [-0.05, 0) is 61.4 Å². The third-order valence-corrected chi connectivity index (χ3v) is 6.48. The molecular weight excluding hydrogens is 518 g/mol. The number of anilines is 1. The maximum atomic E-state index is 13.1. The number of hydrogen-bond acceptors (Lipinski definition) is 7. The summed E-state index contributed by atoms with van der Waals surface area (Å²) in [5.41, 5.74) is 1.99. The lowest BCUT2D eigenvalue weighted by Crippen LogP contribution is -2.51. The number of unbranched alkanes of at least 4 members (excludes halogenated alkanes) is 2. The first-order chi connectivity index (χ1) is 18.9. The molecule has 0 aliphatic heterocycles. The van der Waals surface area contributed by atoms with Crippen molar-refractivity contribution in [1.82, 2.24) is 20.5 Å². The van der Waals surface area contributed by atoms with E-state index in [4.69, 9.17) is 4.74 Å². The van der Waals surface area contributed by atoms with Crippen LogP contribution in [-0.4, -0.2) is 54.0 Å². The van der Waals surface area contributed by atoms with Gasteiger partial charge in [0.15, 0.2) is 5.13 Å². The van der Waals surface area contributed by atoms with Crippen molar-refractivity contribution < 1.29 is 23.9 Å². The quantitative estimate of drug-likeness (QED) is 0.269. The molecule has 3 aromatic rings. The molecule has 0 unspecified atom stereocenters. The molecule has 2 aromatic carbocycles. The van der Waals surface area contributed by atoms with Gasteiger partial charge in [-0.1, -0.05) is 26.7 Å². The summed E-state index contributed by atoms with van der Waals surface area (Å²) in [5.74, 6) is -0.452. The maximum absolute atomic E-state index is 13.1. The fraction of sp³-hybridized carbons (Fsp3) is 0.321. The Morgan fingerprint density at radius 3 is 1.95 bits per heavy atom. The van der Waals surface area contributed by atoms with Crippen molar-refractivity contribution in [2.75, 3.05) is 25.5 Å². The van der Waals surface area contributed by atoms with E-state index < -0.39 is 23.9 Å². The lowest BCUT2D eigenvalue weighted by Gasteiger charge is -2.20. The second-order valence-electron chi connectivity index (χ2n) is 8.61. The number of thiazole rings is 1. The smallest absolute Gasteiger partial charge is 0.332 e. The number of nitrogens with one attached hydrogen (secondary N) is 3. The second-order valence-corrected chi connectivity index (χ2v) is 9.47. The molecule has 3 rings (SSSR count). The third kappa shape index (κ3) is 8.11. The van der Waals surface area contributed by atoms with Crippen LogP contribution in [0.3, 0.4) is 0 Å². The Morgan fingerprint density at radius 1 is 0.846 bits per heavy atom. The predicted molar refractivity (Wildman–Crippen MR) is 151 cm³/mol. The van der Waals surface area contributed by atoms with Gasteiger partial charge in [0.25, 0.3) is 11.8 Å². The van der Waals surface area contributed by atoms with Crippen LogP contribution < -0.4 is 20.7 Å². The molecule has 1 aromatic heterocycles. The van der Waals surface area contributed by atoms with Crippen molar-refractivity contribution in [2.45, 2.75) is 39.5 Å². The standard InChI is InChI=1S/C28H33N5O5S/c1-4-6-16-29-27(36)33(28(37)30-17-7-5-2)25(35)21-10-8-20(9-11-21)24(34)32-26-31-23(18-39-26)19-12-14-22(38-3)15-13-19/h8-15,18H,4-7,16-17H2,1-3H3,(H,29,36)(H,30,37)(H,31,32,34). The van der Waals surface area contributed by atoms with Crippen LogP contribution in [0.25, 0.3) is 11.3 Å². The molecule has 11 heteroatoms. The van der Waals surface area contributed by atoms with Crippen molar-refractivity contribution in [3.05, 3.63) is 65.0 Å². The summed E-state index contributed by atoms with van der Waals surface area (Å²) in [6, 6.07) is 11.6. The number of aromatic nitrogens is 1. The largest absolute Gasteiger partial charge is 0.497 e. The monoisotopic (exact) mass is 551 g/mol. The zero-order chi connectivity index (χ0) is 28.2. The van der Waals surface area contributed by atoms with Gasteiger partial charge in [0.1, 0.15) is 5.75 Å². The third-order valence-electron chi connectivity index (χ3n) is 5.73. The van der Waals surface area contributed by atoms with E-state index in [0.717, 1.165) is 37.0 Å². The molecule has 0 saturated carbocycles. The Balaban J connectivity index is 1.68. The highest BCUT2D eigenvalue weighted by Gasteiger charge is 2.29. The van der Waals surface area contributed by atoms with Gasteiger partial charge >= 0.3 is 12.1 Å². The predicted octanol–water partition coefficient (Wildman–Crippen LogP) is 5.53. The molecule has 0 atom stereocenters. The van der Waals surface area contributed by atoms with Gasteiger partial charge in [-0.3, -0.25) is 14.9 Å². The van der Waals surface area contributed by atoms with E-state index in [0.29, 0.717) is 34.4 Å². The number of benzene rings is 2. The van der Waals surface area contributed by atoms with Crippen LogP contribution in [0, 0.1) is 0 Å². The lowest BCUT2D eigenvalue weighted by atomic mass is 10.1. The number of imide groups is 3. The summed E-state index contributed by atoms with van der Waals surface area (Å²) in [5, 5.41) is 10.2. The number of rotatable bonds is 11. The van der Waals surface area contributed by atoms with E-state index in [9.17, 15) is 19.2 Å². The molecule has 3 N–H and O–H groups in total. The number of hydrogen-bond donors (Lipinski definition) is 3. The van der Waals surface area contributed by atoms with E-state index in [1.807, 2.05) is 43.5 Å². The van der Waals surface area contributed by atoms with Crippen LogP contribution in [0.1, 0.15) is 60.2 Å². The summed E-state index contributed by atoms with van der Waals surface area (Å²) in [6.45, 7) is 4.63. The van der Waals surface area contributed by atoms with Gasteiger partial charge in [-0.15, -0.1) is 11.3 Å². The molecule has 0 radical (unpaired) electrons. The fourth-order valence-electron chi connectivity index (χ4n) is 3.47. The van der Waals surface area contributed by atoms with Crippen LogP contribution in [0.4, 0.5) is 14.7 Å². The molecule has 0 fully saturated rings. The molecular formula is C28H33N5O5S. The summed E-state index contributed by atoms with van der Waals surface area (Å²) in [6.07, 6.45) is 3.14. The van der Waals surface area contributed by atoms with E-state index in [1.54, 1.807) is 7.11 Å². The zero-order valence-corrected chi connectivity index (χ0v) is 23.1. The molecule has 1 heterocycles. The first-order valence-electron chi connectivity index (χ1n) is 12.8. The van der Waals surface area contributed by atoms with Gasteiger partial charge in [0, 0.05) is 35.2 Å². The van der Waals surface area contributed by atoms with Crippen LogP contribution in [-0.2, 0) is 0 Å². The molecule has 0 aliphatic rings. The minimum atomic E-state index is -0.791. The number of amides is 6. The van der Waals surface area contributed by atoms with Crippen molar-refractivity contribution >= 4 is 40.3 Å². The van der Waals surface area contributed by atoms with Gasteiger partial charge < -0.3 is 15.4 Å². The summed E-state index contributed by atoms with van der Waals surface area (Å²) in [4.78, 5) is 56.3. The Bertz CT molecular complexity index is 1250. The first kappa shape index (κ1) is 29.3. The van der Waals surface area contributed by atoms with Gasteiger partial charge in [-0.2, -0.15) is 4.90 Å². The van der Waals surface area contributed by atoms with Crippen LogP contribution in [0.15, 0.2) is 53.9 Å². The average molecular weight is 552 g/mol. The Kier molecular flexibility index (Phi) is 11.0. The fourth-order valence-corrected chi connectivity index (χ4v) is 4.18. The second kappa shape index (κ2) is 14.6. The summed E-state index contributed by atoms with van der Waals surface area (Å²) >= 11 is 1.29. The van der Waals surface area contributed by atoms with Crippen LogP contribution in [0.2, 0.25) is 0 Å². The first-order valence-corrected chi connectivity index (χ1v) is 13.7. The minimum Gasteiger partial charge on any atom is -0.497 e. The molecule has 0 spiro atoms. The molecule has 39 heavy (non-hydrogen) atoms. The topological polar surface area (TPSA) is 130 Å². The van der Waals surface area contributed by atoms with E-state index >= 15 is 0 Å². The molecule has 10 nitrogen and oxygen atoms in total. The van der Waals surface area contributed by atoms with Crippen molar-refractivity contribution in [3.63, 3.8) is 0 Å². The zero-order valence-electron chi connectivity index (χ0n) is 22.3. The lowest BCUT2D eigenvalue weighted by molar-refractivity contribution is 0.0834. The van der Waals surface area contributed by atoms with Crippen molar-refractivity contribution in [1.29, 1.82) is 0 Å². The van der Waals surface area contributed by atoms with Gasteiger partial charge in [0.2, 0.25) is 0 Å². The number of urea groups is 2. The van der Waals surface area contributed by atoms with Crippen LogP contribution >= 0.6 is 11.3 Å². The van der Waals surface area contributed by atoms with Crippen molar-refractivity contribution in [2.24, 2.45) is 0 Å². The molecule has 0 saturated heterocycles. The number of nitrogens with zero attached hydrogens (tertiary/aromatic N) is 2. The average Bonchev–Trinajstić information content (AvgIpc) is 3.42. The van der Waals surface area contributed by atoms with Crippen molar-refractivity contribution in [3.8, 4) is 17.0 Å². The molecule has 0 bridgehead atoms.